The highest BCUT2D eigenvalue weighted by Gasteiger charge is 2.01. The number of thiocarbonyl (C=S) groups is 1. The van der Waals surface area contributed by atoms with Crippen molar-refractivity contribution in [3.8, 4) is 0 Å². The Kier molecular flexibility index (Phi) is 1.72. The minimum atomic E-state index is -0.0185. The summed E-state index contributed by atoms with van der Waals surface area (Å²) in [6.07, 6.45) is 0. The second-order valence-corrected chi connectivity index (χ2v) is 2.34. The Morgan fingerprint density at radius 1 is 1.67 bits per heavy atom. The van der Waals surface area contributed by atoms with Gasteiger partial charge in [-0.2, -0.15) is 0 Å². The van der Waals surface area contributed by atoms with E-state index >= 15 is 0 Å². The van der Waals surface area contributed by atoms with Gasteiger partial charge in [0.2, 0.25) is 0 Å². The zero-order valence-electron chi connectivity index (χ0n) is 4.19. The van der Waals surface area contributed by atoms with Crippen molar-refractivity contribution in [1.82, 2.24) is 0 Å². The molecule has 0 aliphatic carbocycles. The van der Waals surface area contributed by atoms with Crippen molar-refractivity contribution in [1.29, 1.82) is 0 Å². The van der Waals surface area contributed by atoms with E-state index in [0.29, 0.717) is 0 Å². The molecule has 0 spiro atoms. The van der Waals surface area contributed by atoms with Gasteiger partial charge in [0.05, 0.1) is 0 Å². The molecular weight excluding hydrogens is 92.1 g/mol. The smallest absolute Gasteiger partial charge is 0.00699 e. The van der Waals surface area contributed by atoms with Crippen LogP contribution >= 0.6 is 12.2 Å². The van der Waals surface area contributed by atoms with Crippen molar-refractivity contribution in [2.45, 2.75) is 13.8 Å². The molecule has 6 heavy (non-hydrogen) atoms. The molecule has 35 valence electrons. The molecule has 0 aromatic heterocycles. The Labute approximate surface area is 44.6 Å². The second-order valence-electron chi connectivity index (χ2n) is 2.11. The fourth-order valence-electron chi connectivity index (χ4n) is 0. The highest BCUT2D eigenvalue weighted by molar-refractivity contribution is 7.79. The Hall–Kier alpha value is 0.0900. The molecule has 0 heterocycles. The highest BCUT2D eigenvalue weighted by atomic mass is 32.1. The van der Waals surface area contributed by atoms with Gasteiger partial charge in [-0.05, 0) is 17.7 Å². The molecule has 0 atom stereocenters. The third-order valence-corrected chi connectivity index (χ3v) is 0.957. The molecule has 1 radical (unpaired) electrons. The zero-order chi connectivity index (χ0) is 5.21. The van der Waals surface area contributed by atoms with Crippen LogP contribution in [0.5, 0.6) is 0 Å². The molecule has 0 amide bonds. The average molecular weight is 101 g/mol. The molecule has 0 aromatic rings. The Balaban J connectivity index is 3.45. The Morgan fingerprint density at radius 2 is 1.83 bits per heavy atom. The summed E-state index contributed by atoms with van der Waals surface area (Å²) >= 11 is 4.60. The fraction of sp³-hybridized carbons (Fsp3) is 0.600. The van der Waals surface area contributed by atoms with E-state index in [9.17, 15) is 0 Å². The number of rotatable bonds is 1. The van der Waals surface area contributed by atoms with Crippen LogP contribution in [-0.2, 0) is 0 Å². The van der Waals surface area contributed by atoms with Crippen molar-refractivity contribution < 1.29 is 0 Å². The lowest BCUT2D eigenvalue weighted by molar-refractivity contribution is 0.698. The van der Waals surface area contributed by atoms with E-state index in [1.165, 1.54) is 0 Å². The minimum absolute atomic E-state index is 0.0185. The Morgan fingerprint density at radius 3 is 1.83 bits per heavy atom. The van der Waals surface area contributed by atoms with E-state index < -0.39 is 0 Å². The van der Waals surface area contributed by atoms with E-state index in [0.717, 1.165) is 0 Å². The van der Waals surface area contributed by atoms with Crippen LogP contribution in [0.25, 0.3) is 0 Å². The molecule has 0 nitrogen and oxygen atoms in total. The first kappa shape index (κ1) is 6.09. The average Bonchev–Trinajstić information content (AvgIpc) is 1.35. The summed E-state index contributed by atoms with van der Waals surface area (Å²) in [5.74, 6) is 0. The van der Waals surface area contributed by atoms with E-state index in [1.54, 1.807) is 5.37 Å². The van der Waals surface area contributed by atoms with Gasteiger partial charge >= 0.3 is 0 Å². The molecule has 0 unspecified atom stereocenters. The highest BCUT2D eigenvalue weighted by Crippen LogP contribution is 2.06. The molecule has 0 aliphatic rings. The molecule has 0 saturated carbocycles. The van der Waals surface area contributed by atoms with E-state index in [-0.39, 0.29) is 5.41 Å². The van der Waals surface area contributed by atoms with Gasteiger partial charge in [0, 0.05) is 0 Å². The van der Waals surface area contributed by atoms with Crippen molar-refractivity contribution in [2.24, 2.45) is 5.41 Å². The van der Waals surface area contributed by atoms with Gasteiger partial charge < -0.3 is 0 Å². The lowest BCUT2D eigenvalue weighted by Crippen LogP contribution is -2.03. The van der Waals surface area contributed by atoms with E-state index in [1.807, 2.05) is 13.8 Å². The van der Waals surface area contributed by atoms with E-state index in [4.69, 9.17) is 0 Å². The van der Waals surface area contributed by atoms with Gasteiger partial charge in [0.15, 0.2) is 0 Å². The summed E-state index contributed by atoms with van der Waals surface area (Å²) < 4.78 is 0. The number of hydrogen-bond donors (Lipinski definition) is 0. The van der Waals surface area contributed by atoms with E-state index in [2.05, 4.69) is 19.1 Å². The van der Waals surface area contributed by atoms with Crippen molar-refractivity contribution >= 4 is 17.6 Å². The summed E-state index contributed by atoms with van der Waals surface area (Å²) in [5.41, 5.74) is -0.0185. The summed E-state index contributed by atoms with van der Waals surface area (Å²) in [6.45, 7) is 7.67. The molecule has 0 saturated heterocycles. The van der Waals surface area contributed by atoms with Crippen LogP contribution in [0.3, 0.4) is 0 Å². The molecule has 0 aromatic carbocycles. The van der Waals surface area contributed by atoms with Crippen LogP contribution < -0.4 is 0 Å². The summed E-state index contributed by atoms with van der Waals surface area (Å²) in [7, 11) is 0. The van der Waals surface area contributed by atoms with Crippen LogP contribution in [0, 0.1) is 12.3 Å². The van der Waals surface area contributed by atoms with Crippen LogP contribution in [0.2, 0.25) is 0 Å². The van der Waals surface area contributed by atoms with Crippen molar-refractivity contribution in [3.63, 3.8) is 0 Å². The predicted molar refractivity (Wildman–Crippen MR) is 32.8 cm³/mol. The SMILES string of the molecule is [CH2]C(C)(C)C=S. The predicted octanol–water partition coefficient (Wildman–Crippen LogP) is 1.85. The van der Waals surface area contributed by atoms with Crippen LogP contribution in [0.1, 0.15) is 13.8 Å². The van der Waals surface area contributed by atoms with Gasteiger partial charge in [0.25, 0.3) is 0 Å². The lowest BCUT2D eigenvalue weighted by Gasteiger charge is -2.06. The van der Waals surface area contributed by atoms with Crippen molar-refractivity contribution in [3.05, 3.63) is 6.92 Å². The maximum atomic E-state index is 4.60. The topological polar surface area (TPSA) is 0 Å². The summed E-state index contributed by atoms with van der Waals surface area (Å²) in [5, 5.41) is 1.66. The molecular formula is C5H9S. The number of hydrogen-bond acceptors (Lipinski definition) is 1. The second kappa shape index (κ2) is 1.69. The molecule has 0 fully saturated rings. The monoisotopic (exact) mass is 101 g/mol. The van der Waals surface area contributed by atoms with Gasteiger partial charge in [-0.15, -0.1) is 0 Å². The van der Waals surface area contributed by atoms with Gasteiger partial charge in [-0.3, -0.25) is 0 Å². The molecule has 0 aliphatic heterocycles. The third kappa shape index (κ3) is 4.09. The molecule has 0 N–H and O–H groups in total. The fourth-order valence-corrected chi connectivity index (χ4v) is 0. The van der Waals surface area contributed by atoms with Gasteiger partial charge in [0.1, 0.15) is 0 Å². The molecule has 1 heteroatoms. The van der Waals surface area contributed by atoms with Crippen LogP contribution in [0.15, 0.2) is 0 Å². The van der Waals surface area contributed by atoms with Crippen LogP contribution in [0.4, 0.5) is 0 Å². The zero-order valence-corrected chi connectivity index (χ0v) is 5.01. The summed E-state index contributed by atoms with van der Waals surface area (Å²) in [6, 6.07) is 0. The van der Waals surface area contributed by atoms with Gasteiger partial charge in [-0.1, -0.05) is 26.1 Å². The Bertz CT molecular complexity index is 49.4. The molecule has 0 bridgehead atoms. The first-order valence-electron chi connectivity index (χ1n) is 1.88. The minimum Gasteiger partial charge on any atom is -0.0929 e. The normalized spacial score (nSPS) is 11.2. The largest absolute Gasteiger partial charge is 0.0929 e. The molecule has 0 rings (SSSR count). The first-order valence-corrected chi connectivity index (χ1v) is 2.35. The third-order valence-electron chi connectivity index (χ3n) is 0.319. The van der Waals surface area contributed by atoms with Gasteiger partial charge in [-0.25, -0.2) is 0 Å². The maximum absolute atomic E-state index is 4.60. The van der Waals surface area contributed by atoms with Crippen molar-refractivity contribution in [2.75, 3.05) is 0 Å². The quantitative estimate of drug-likeness (QED) is 0.454. The standard InChI is InChI=1S/C5H9S/c1-5(2,3)4-6/h4H,1H2,2-3H3. The lowest BCUT2D eigenvalue weighted by atomic mass is 10.0. The first-order chi connectivity index (χ1) is 2.56. The maximum Gasteiger partial charge on any atom is -0.00699 e. The summed E-state index contributed by atoms with van der Waals surface area (Å²) in [4.78, 5) is 0. The van der Waals surface area contributed by atoms with Crippen LogP contribution in [-0.4, -0.2) is 5.37 Å².